The Balaban J connectivity index is 2.01. The number of fused-ring (bicyclic) bond motifs is 2. The third-order valence-corrected chi connectivity index (χ3v) is 4.18. The van der Waals surface area contributed by atoms with E-state index in [1.807, 2.05) is 0 Å². The van der Waals surface area contributed by atoms with Crippen molar-refractivity contribution < 1.29 is 22.2 Å². The van der Waals surface area contributed by atoms with Crippen LogP contribution in [-0.2, 0) is 0 Å². The summed E-state index contributed by atoms with van der Waals surface area (Å²) in [5.74, 6) is -0.415. The van der Waals surface area contributed by atoms with Crippen molar-refractivity contribution in [2.75, 3.05) is 7.11 Å². The van der Waals surface area contributed by atoms with E-state index in [1.54, 1.807) is 30.4 Å². The Morgan fingerprint density at radius 1 is 1.22 bits per heavy atom. The number of aromatic nitrogens is 1. The lowest BCUT2D eigenvalue weighted by Gasteiger charge is -2.30. The molecule has 0 aliphatic carbocycles. The van der Waals surface area contributed by atoms with Gasteiger partial charge < -0.3 is 22.3 Å². The standard InChI is InChI=1S/C16H12BF3N2O/c1-23-15-10-11(6-7-12(15)18)16-13-4-2-8-21(13)17(19,20)22-9-3-5-14(16)22/h2-10H,1H3. The predicted octanol–water partition coefficient (Wildman–Crippen LogP) is 3.28. The molecule has 1 aromatic heterocycles. The third kappa shape index (κ3) is 1.82. The first-order chi connectivity index (χ1) is 11.0. The number of hydrogen-bond donors (Lipinski definition) is 0. The Hall–Kier alpha value is -2.70. The summed E-state index contributed by atoms with van der Waals surface area (Å²) >= 11 is 0. The molecule has 2 aliphatic heterocycles. The van der Waals surface area contributed by atoms with E-state index in [2.05, 4.69) is 0 Å². The van der Waals surface area contributed by atoms with Crippen LogP contribution < -0.4 is 4.74 Å². The molecule has 0 saturated heterocycles. The fourth-order valence-electron chi connectivity index (χ4n) is 3.13. The highest BCUT2D eigenvalue weighted by molar-refractivity contribution is 6.57. The van der Waals surface area contributed by atoms with Gasteiger partial charge in [-0.2, -0.15) is 0 Å². The van der Waals surface area contributed by atoms with Gasteiger partial charge in [0, 0.05) is 17.8 Å². The summed E-state index contributed by atoms with van der Waals surface area (Å²) in [7, 11) is 1.37. The Kier molecular flexibility index (Phi) is 2.82. The van der Waals surface area contributed by atoms with E-state index in [0.29, 0.717) is 22.5 Å². The highest BCUT2D eigenvalue weighted by Gasteiger charge is 2.51. The van der Waals surface area contributed by atoms with Crippen LogP contribution in [0.2, 0.25) is 0 Å². The van der Waals surface area contributed by atoms with Crippen LogP contribution in [-0.4, -0.2) is 29.3 Å². The topological polar surface area (TPSA) is 17.2 Å². The number of nitrogens with zero attached hydrogens (tertiary/aromatic N) is 2. The van der Waals surface area contributed by atoms with Gasteiger partial charge in [-0.3, -0.25) is 0 Å². The second-order valence-corrected chi connectivity index (χ2v) is 5.41. The number of ether oxygens (including phenoxy) is 1. The van der Waals surface area contributed by atoms with Crippen LogP contribution >= 0.6 is 0 Å². The maximum atomic E-state index is 14.6. The van der Waals surface area contributed by atoms with E-state index >= 15 is 0 Å². The fourth-order valence-corrected chi connectivity index (χ4v) is 3.13. The summed E-state index contributed by atoms with van der Waals surface area (Å²) in [6, 6.07) is 7.59. The van der Waals surface area contributed by atoms with E-state index in [9.17, 15) is 13.0 Å². The van der Waals surface area contributed by atoms with E-state index in [-0.39, 0.29) is 5.75 Å². The lowest BCUT2D eigenvalue weighted by molar-refractivity contribution is -0.356. The average molecular weight is 316 g/mol. The van der Waals surface area contributed by atoms with Crippen LogP contribution in [0.15, 0.2) is 54.4 Å². The van der Waals surface area contributed by atoms with Gasteiger partial charge in [0.1, 0.15) is 6.21 Å². The zero-order chi connectivity index (χ0) is 16.2. The molecule has 2 aliphatic rings. The summed E-state index contributed by atoms with van der Waals surface area (Å²) in [6.45, 7) is -3.93. The van der Waals surface area contributed by atoms with Gasteiger partial charge in [-0.1, -0.05) is 6.07 Å². The van der Waals surface area contributed by atoms with Crippen LogP contribution in [0, 0.1) is 5.82 Å². The second-order valence-electron chi connectivity index (χ2n) is 5.41. The average Bonchev–Trinajstić information content (AvgIpc) is 3.19. The molecule has 4 rings (SSSR count). The lowest BCUT2D eigenvalue weighted by atomic mass is 9.86. The van der Waals surface area contributed by atoms with Crippen LogP contribution in [0.3, 0.4) is 0 Å². The van der Waals surface area contributed by atoms with Crippen molar-refractivity contribution in [2.24, 2.45) is 0 Å². The van der Waals surface area contributed by atoms with Gasteiger partial charge in [-0.25, -0.2) is 4.39 Å². The number of rotatable bonds is 2. The molecule has 0 amide bonds. The first-order valence-electron chi connectivity index (χ1n) is 7.12. The minimum absolute atomic E-state index is 0.0778. The van der Waals surface area contributed by atoms with E-state index < -0.39 is 12.8 Å². The van der Waals surface area contributed by atoms with Crippen LogP contribution in [0.1, 0.15) is 11.3 Å². The van der Waals surface area contributed by atoms with Crippen LogP contribution in [0.5, 0.6) is 5.75 Å². The summed E-state index contributed by atoms with van der Waals surface area (Å²) in [5.41, 5.74) is 2.03. The maximum Gasteiger partial charge on any atom is 0.737 e. The van der Waals surface area contributed by atoms with E-state index in [0.717, 1.165) is 8.96 Å². The minimum Gasteiger partial charge on any atom is -0.494 e. The molecule has 23 heavy (non-hydrogen) atoms. The molecule has 3 nitrogen and oxygen atoms in total. The third-order valence-electron chi connectivity index (χ3n) is 4.18. The van der Waals surface area contributed by atoms with Crippen LogP contribution in [0.25, 0.3) is 5.57 Å². The molecule has 0 unspecified atom stereocenters. The lowest BCUT2D eigenvalue weighted by Crippen LogP contribution is -2.49. The number of benzene rings is 1. The van der Waals surface area contributed by atoms with E-state index in [1.165, 1.54) is 31.7 Å². The molecule has 0 bridgehead atoms. The molecule has 2 aromatic rings. The normalized spacial score (nSPS) is 17.8. The van der Waals surface area contributed by atoms with Crippen LogP contribution in [0.4, 0.5) is 13.0 Å². The van der Waals surface area contributed by atoms with Gasteiger partial charge >= 0.3 is 6.97 Å². The second kappa shape index (κ2) is 4.65. The zero-order valence-corrected chi connectivity index (χ0v) is 12.2. The van der Waals surface area contributed by atoms with Crippen molar-refractivity contribution in [2.45, 2.75) is 0 Å². The fraction of sp³-hybridized carbons (Fsp3) is 0.0625. The molecule has 1 aromatic carbocycles. The van der Waals surface area contributed by atoms with Crippen molar-refractivity contribution in [3.05, 3.63) is 71.5 Å². The molecule has 0 N–H and O–H groups in total. The molecule has 7 heteroatoms. The summed E-state index contributed by atoms with van der Waals surface area (Å²) in [4.78, 5) is 0. The van der Waals surface area contributed by atoms with Crippen molar-refractivity contribution >= 4 is 18.8 Å². The SMILES string of the molecule is COc1cc(C2=C3C=CC=[N+]3[B-](F)(F)n3cccc32)ccc1F. The summed E-state index contributed by atoms with van der Waals surface area (Å²) in [6.07, 6.45) is 5.94. The Morgan fingerprint density at radius 2 is 2.04 bits per heavy atom. The van der Waals surface area contributed by atoms with Crippen molar-refractivity contribution in [1.29, 1.82) is 0 Å². The Labute approximate surface area is 130 Å². The Bertz CT molecular complexity index is 912. The largest absolute Gasteiger partial charge is 0.737 e. The number of hydrogen-bond acceptors (Lipinski definition) is 1. The quantitative estimate of drug-likeness (QED) is 0.777. The van der Waals surface area contributed by atoms with Gasteiger partial charge in [0.05, 0.1) is 12.7 Å². The highest BCUT2D eigenvalue weighted by Crippen LogP contribution is 2.39. The highest BCUT2D eigenvalue weighted by atomic mass is 19.2. The predicted molar refractivity (Wildman–Crippen MR) is 82.2 cm³/mol. The molecular weight excluding hydrogens is 304 g/mol. The smallest absolute Gasteiger partial charge is 0.494 e. The minimum atomic E-state index is -3.93. The van der Waals surface area contributed by atoms with Gasteiger partial charge in [0.2, 0.25) is 0 Å². The first-order valence-corrected chi connectivity index (χ1v) is 7.12. The summed E-state index contributed by atoms with van der Waals surface area (Å²) in [5, 5.41) is 0. The number of methoxy groups -OCH3 is 1. The molecule has 0 fully saturated rings. The number of halogens is 3. The monoisotopic (exact) mass is 316 g/mol. The molecular formula is C16H12BF3N2O. The van der Waals surface area contributed by atoms with Gasteiger partial charge in [-0.15, -0.1) is 0 Å². The van der Waals surface area contributed by atoms with E-state index in [4.69, 9.17) is 4.74 Å². The molecule has 0 atom stereocenters. The van der Waals surface area contributed by atoms with Crippen molar-refractivity contribution in [3.8, 4) is 5.75 Å². The zero-order valence-electron chi connectivity index (χ0n) is 12.2. The van der Waals surface area contributed by atoms with Gasteiger partial charge in [-0.05, 0) is 36.0 Å². The molecule has 116 valence electrons. The molecule has 3 heterocycles. The molecule has 0 saturated carbocycles. The number of allylic oxidation sites excluding steroid dienone is 2. The van der Waals surface area contributed by atoms with Gasteiger partial charge in [0.25, 0.3) is 0 Å². The van der Waals surface area contributed by atoms with Crippen molar-refractivity contribution in [1.82, 2.24) is 4.48 Å². The first kappa shape index (κ1) is 13.9. The summed E-state index contributed by atoms with van der Waals surface area (Å²) < 4.78 is 49.9. The molecule has 0 spiro atoms. The Morgan fingerprint density at radius 3 is 2.83 bits per heavy atom. The van der Waals surface area contributed by atoms with Gasteiger partial charge in [0.15, 0.2) is 17.3 Å². The molecule has 0 radical (unpaired) electrons. The van der Waals surface area contributed by atoms with Crippen molar-refractivity contribution in [3.63, 3.8) is 0 Å². The maximum absolute atomic E-state index is 14.6.